The van der Waals surface area contributed by atoms with Gasteiger partial charge >= 0.3 is 5.97 Å². The number of hydrogen-bond donors (Lipinski definition) is 1. The molecule has 17 heavy (non-hydrogen) atoms. The van der Waals surface area contributed by atoms with E-state index in [9.17, 15) is 4.79 Å². The molecule has 1 heterocycles. The van der Waals surface area contributed by atoms with E-state index in [1.54, 1.807) is 12.1 Å². The van der Waals surface area contributed by atoms with Crippen LogP contribution in [0.4, 0.5) is 0 Å². The summed E-state index contributed by atoms with van der Waals surface area (Å²) in [6.07, 6.45) is 1.46. The molecule has 2 rings (SSSR count). The maximum absolute atomic E-state index is 11.2. The van der Waals surface area contributed by atoms with Crippen LogP contribution >= 0.6 is 0 Å². The third kappa shape index (κ3) is 1.75. The normalized spacial score (nSPS) is 10.2. The topological polar surface area (TPSA) is 68.7 Å². The van der Waals surface area contributed by atoms with Crippen molar-refractivity contribution < 1.29 is 19.4 Å². The minimum absolute atomic E-state index is 0.144. The molecule has 88 valence electrons. The van der Waals surface area contributed by atoms with Gasteiger partial charge in [-0.3, -0.25) is 4.98 Å². The number of nitrogens with zero attached hydrogens (tertiary/aromatic N) is 1. The first-order valence-electron chi connectivity index (χ1n) is 4.92. The third-order valence-electron chi connectivity index (χ3n) is 2.48. The predicted octanol–water partition coefficient (Wildman–Crippen LogP) is 1.95. The SMILES string of the molecule is COc1ccc2nccc(C(=O)O)c2c1OC. The van der Waals surface area contributed by atoms with Crippen LogP contribution in [0.2, 0.25) is 0 Å². The molecule has 0 saturated carbocycles. The van der Waals surface area contributed by atoms with Crippen LogP contribution in [0.15, 0.2) is 24.4 Å². The Bertz CT molecular complexity index is 580. The Labute approximate surface area is 97.6 Å². The second kappa shape index (κ2) is 4.29. The highest BCUT2D eigenvalue weighted by molar-refractivity contribution is 6.05. The van der Waals surface area contributed by atoms with Gasteiger partial charge < -0.3 is 14.6 Å². The first kappa shape index (κ1) is 11.2. The standard InChI is InChI=1S/C12H11NO4/c1-16-9-4-3-8-10(11(9)17-2)7(12(14)15)5-6-13-8/h3-6H,1-2H3,(H,14,15). The zero-order chi connectivity index (χ0) is 12.4. The molecule has 0 spiro atoms. The number of aromatic carboxylic acids is 1. The number of methoxy groups -OCH3 is 2. The summed E-state index contributed by atoms with van der Waals surface area (Å²) in [6.45, 7) is 0. The fourth-order valence-corrected chi connectivity index (χ4v) is 1.74. The second-order valence-corrected chi connectivity index (χ2v) is 3.36. The van der Waals surface area contributed by atoms with E-state index in [0.717, 1.165) is 0 Å². The van der Waals surface area contributed by atoms with E-state index < -0.39 is 5.97 Å². The van der Waals surface area contributed by atoms with Crippen LogP contribution in [0.1, 0.15) is 10.4 Å². The average molecular weight is 233 g/mol. The van der Waals surface area contributed by atoms with Gasteiger partial charge in [-0.25, -0.2) is 4.79 Å². The molecule has 0 amide bonds. The number of carbonyl (C=O) groups is 1. The van der Waals surface area contributed by atoms with Crippen molar-refractivity contribution in [3.8, 4) is 11.5 Å². The van der Waals surface area contributed by atoms with Gasteiger partial charge in [-0.15, -0.1) is 0 Å². The maximum Gasteiger partial charge on any atom is 0.336 e. The van der Waals surface area contributed by atoms with Crippen molar-refractivity contribution in [3.63, 3.8) is 0 Å². The van der Waals surface area contributed by atoms with Gasteiger partial charge in [-0.2, -0.15) is 0 Å². The fourth-order valence-electron chi connectivity index (χ4n) is 1.74. The molecule has 0 aliphatic carbocycles. The number of pyridine rings is 1. The summed E-state index contributed by atoms with van der Waals surface area (Å²) in [4.78, 5) is 15.3. The molecule has 0 fully saturated rings. The quantitative estimate of drug-likeness (QED) is 0.877. The smallest absolute Gasteiger partial charge is 0.336 e. The van der Waals surface area contributed by atoms with Crippen LogP contribution in [0, 0.1) is 0 Å². The zero-order valence-corrected chi connectivity index (χ0v) is 9.43. The van der Waals surface area contributed by atoms with Gasteiger partial charge in [-0.1, -0.05) is 0 Å². The minimum atomic E-state index is -1.02. The number of carboxylic acid groups (broad SMARTS) is 1. The molecule has 0 aliphatic heterocycles. The molecular weight excluding hydrogens is 222 g/mol. The van der Waals surface area contributed by atoms with E-state index in [1.807, 2.05) is 0 Å². The van der Waals surface area contributed by atoms with Gasteiger partial charge in [-0.05, 0) is 18.2 Å². The summed E-state index contributed by atoms with van der Waals surface area (Å²) in [5, 5.41) is 9.59. The highest BCUT2D eigenvalue weighted by Gasteiger charge is 2.16. The summed E-state index contributed by atoms with van der Waals surface area (Å²) >= 11 is 0. The third-order valence-corrected chi connectivity index (χ3v) is 2.48. The van der Waals surface area contributed by atoms with Crippen LogP contribution in [-0.2, 0) is 0 Å². The molecule has 0 atom stereocenters. The minimum Gasteiger partial charge on any atom is -0.493 e. The first-order valence-corrected chi connectivity index (χ1v) is 4.92. The van der Waals surface area contributed by atoms with E-state index in [-0.39, 0.29) is 5.56 Å². The number of carboxylic acids is 1. The summed E-state index contributed by atoms with van der Waals surface area (Å²) in [6, 6.07) is 4.83. The molecule has 0 saturated heterocycles. The van der Waals surface area contributed by atoms with Crippen LogP contribution in [-0.4, -0.2) is 30.3 Å². The number of rotatable bonds is 3. The van der Waals surface area contributed by atoms with Gasteiger partial charge in [0.25, 0.3) is 0 Å². The molecule has 0 bridgehead atoms. The summed E-state index contributed by atoms with van der Waals surface area (Å²) in [5.74, 6) is -0.157. The van der Waals surface area contributed by atoms with Crippen molar-refractivity contribution in [2.75, 3.05) is 14.2 Å². The Hall–Kier alpha value is -2.30. The highest BCUT2D eigenvalue weighted by atomic mass is 16.5. The van der Waals surface area contributed by atoms with Crippen molar-refractivity contribution in [3.05, 3.63) is 30.0 Å². The van der Waals surface area contributed by atoms with Gasteiger partial charge in [0.15, 0.2) is 11.5 Å². The number of fused-ring (bicyclic) bond motifs is 1. The molecule has 1 aromatic carbocycles. The molecule has 0 radical (unpaired) electrons. The number of aromatic nitrogens is 1. The lowest BCUT2D eigenvalue weighted by Gasteiger charge is -2.11. The second-order valence-electron chi connectivity index (χ2n) is 3.36. The summed E-state index contributed by atoms with van der Waals surface area (Å²) < 4.78 is 10.3. The average Bonchev–Trinajstić information content (AvgIpc) is 2.36. The van der Waals surface area contributed by atoms with Gasteiger partial charge in [0.05, 0.1) is 30.7 Å². The molecule has 5 heteroatoms. The van der Waals surface area contributed by atoms with Gasteiger partial charge in [0.1, 0.15) is 0 Å². The fraction of sp³-hybridized carbons (Fsp3) is 0.167. The first-order chi connectivity index (χ1) is 8.19. The lowest BCUT2D eigenvalue weighted by molar-refractivity contribution is 0.0698. The van der Waals surface area contributed by atoms with E-state index in [0.29, 0.717) is 22.4 Å². The lowest BCUT2D eigenvalue weighted by Crippen LogP contribution is -2.01. The Morgan fingerprint density at radius 2 is 2.00 bits per heavy atom. The van der Waals surface area contributed by atoms with E-state index in [1.165, 1.54) is 26.5 Å². The Kier molecular flexibility index (Phi) is 2.82. The van der Waals surface area contributed by atoms with E-state index in [2.05, 4.69) is 4.98 Å². The highest BCUT2D eigenvalue weighted by Crippen LogP contribution is 2.36. The van der Waals surface area contributed by atoms with Gasteiger partial charge in [0, 0.05) is 6.20 Å². The van der Waals surface area contributed by atoms with E-state index >= 15 is 0 Å². The summed E-state index contributed by atoms with van der Waals surface area (Å²) in [5.41, 5.74) is 0.702. The number of benzene rings is 1. The molecule has 0 unspecified atom stereocenters. The van der Waals surface area contributed by atoms with Crippen LogP contribution in [0.25, 0.3) is 10.9 Å². The van der Waals surface area contributed by atoms with Crippen molar-refractivity contribution in [2.45, 2.75) is 0 Å². The van der Waals surface area contributed by atoms with Crippen molar-refractivity contribution in [2.24, 2.45) is 0 Å². The lowest BCUT2D eigenvalue weighted by atomic mass is 10.1. The molecule has 2 aromatic rings. The molecule has 0 aliphatic rings. The molecular formula is C12H11NO4. The maximum atomic E-state index is 11.2. The predicted molar refractivity (Wildman–Crippen MR) is 61.8 cm³/mol. The largest absolute Gasteiger partial charge is 0.493 e. The Balaban J connectivity index is 2.89. The number of hydrogen-bond acceptors (Lipinski definition) is 4. The number of ether oxygens (including phenoxy) is 2. The van der Waals surface area contributed by atoms with Gasteiger partial charge in [0.2, 0.25) is 0 Å². The van der Waals surface area contributed by atoms with Crippen molar-refractivity contribution in [1.29, 1.82) is 0 Å². The van der Waals surface area contributed by atoms with E-state index in [4.69, 9.17) is 14.6 Å². The summed E-state index contributed by atoms with van der Waals surface area (Å²) in [7, 11) is 2.97. The van der Waals surface area contributed by atoms with Crippen LogP contribution < -0.4 is 9.47 Å². The molecule has 5 nitrogen and oxygen atoms in total. The Morgan fingerprint density at radius 1 is 1.24 bits per heavy atom. The van der Waals surface area contributed by atoms with Crippen molar-refractivity contribution >= 4 is 16.9 Å². The molecule has 1 N–H and O–H groups in total. The van der Waals surface area contributed by atoms with Crippen LogP contribution in [0.5, 0.6) is 11.5 Å². The van der Waals surface area contributed by atoms with Crippen molar-refractivity contribution in [1.82, 2.24) is 4.98 Å². The molecule has 1 aromatic heterocycles. The Morgan fingerprint density at radius 3 is 2.59 bits per heavy atom. The monoisotopic (exact) mass is 233 g/mol. The van der Waals surface area contributed by atoms with Crippen LogP contribution in [0.3, 0.4) is 0 Å². The zero-order valence-electron chi connectivity index (χ0n) is 9.43.